The van der Waals surface area contributed by atoms with Crippen molar-refractivity contribution >= 4 is 23.5 Å². The molecule has 0 saturated heterocycles. The summed E-state index contributed by atoms with van der Waals surface area (Å²) in [6.45, 7) is 1.66. The summed E-state index contributed by atoms with van der Waals surface area (Å²) in [4.78, 5) is 16.1. The van der Waals surface area contributed by atoms with Gasteiger partial charge in [0.2, 0.25) is 5.90 Å². The van der Waals surface area contributed by atoms with Gasteiger partial charge in [-0.2, -0.15) is 5.26 Å². The number of carbonyl (C=O) groups excluding carboxylic acids is 1. The molecule has 0 fully saturated rings. The molecule has 2 rings (SSSR count). The van der Waals surface area contributed by atoms with E-state index in [1.54, 1.807) is 31.2 Å². The van der Waals surface area contributed by atoms with Gasteiger partial charge in [-0.05, 0) is 25.5 Å². The molecule has 1 aromatic rings. The SMILES string of the molecule is CC1(CCC#N)N=C(c2ccccc2Cl)OC1=O. The van der Waals surface area contributed by atoms with Gasteiger partial charge in [0, 0.05) is 6.42 Å². The average Bonchev–Trinajstić information content (AvgIpc) is 2.64. The molecule has 0 bridgehead atoms. The summed E-state index contributed by atoms with van der Waals surface area (Å²) in [5.41, 5.74) is -0.391. The van der Waals surface area contributed by atoms with E-state index in [1.807, 2.05) is 6.07 Å². The number of nitriles is 1. The second kappa shape index (κ2) is 4.79. The molecule has 18 heavy (non-hydrogen) atoms. The first-order valence-electron chi connectivity index (χ1n) is 5.51. The normalized spacial score (nSPS) is 22.3. The molecule has 0 amide bonds. The van der Waals surface area contributed by atoms with Gasteiger partial charge in [0.25, 0.3) is 0 Å². The number of rotatable bonds is 3. The number of cyclic esters (lactones) is 1. The number of carbonyl (C=O) groups is 1. The molecule has 92 valence electrons. The zero-order chi connectivity index (χ0) is 13.2. The number of aliphatic imine (C=N–C) groups is 1. The van der Waals surface area contributed by atoms with Gasteiger partial charge in [-0.15, -0.1) is 0 Å². The first-order valence-corrected chi connectivity index (χ1v) is 5.88. The minimum atomic E-state index is -0.982. The predicted molar refractivity (Wildman–Crippen MR) is 67.3 cm³/mol. The molecular weight excluding hydrogens is 252 g/mol. The van der Waals surface area contributed by atoms with E-state index in [-0.39, 0.29) is 12.3 Å². The molecule has 1 atom stereocenters. The Morgan fingerprint density at radius 1 is 1.50 bits per heavy atom. The summed E-state index contributed by atoms with van der Waals surface area (Å²) in [6, 6.07) is 9.03. The number of hydrogen-bond donors (Lipinski definition) is 0. The van der Waals surface area contributed by atoms with Gasteiger partial charge in [-0.25, -0.2) is 9.79 Å². The van der Waals surface area contributed by atoms with Crippen molar-refractivity contribution in [3.63, 3.8) is 0 Å². The Balaban J connectivity index is 2.33. The van der Waals surface area contributed by atoms with E-state index < -0.39 is 11.5 Å². The van der Waals surface area contributed by atoms with Crippen molar-refractivity contribution in [1.29, 1.82) is 5.26 Å². The summed E-state index contributed by atoms with van der Waals surface area (Å²) >= 11 is 6.02. The van der Waals surface area contributed by atoms with Gasteiger partial charge in [0.05, 0.1) is 16.7 Å². The summed E-state index contributed by atoms with van der Waals surface area (Å²) in [5, 5.41) is 9.06. The van der Waals surface area contributed by atoms with Crippen LogP contribution in [0.1, 0.15) is 25.3 Å². The predicted octanol–water partition coefficient (Wildman–Crippen LogP) is 2.71. The van der Waals surface area contributed by atoms with Crippen molar-refractivity contribution in [3.05, 3.63) is 34.9 Å². The van der Waals surface area contributed by atoms with Crippen LogP contribution in [-0.4, -0.2) is 17.4 Å². The number of halogens is 1. The Labute approximate surface area is 110 Å². The van der Waals surface area contributed by atoms with E-state index in [9.17, 15) is 4.79 Å². The monoisotopic (exact) mass is 262 g/mol. The summed E-state index contributed by atoms with van der Waals surface area (Å²) in [7, 11) is 0. The van der Waals surface area contributed by atoms with E-state index in [0.717, 1.165) is 0 Å². The molecule has 0 N–H and O–H groups in total. The number of ether oxygens (including phenoxy) is 1. The number of nitrogens with zero attached hydrogens (tertiary/aromatic N) is 2. The lowest BCUT2D eigenvalue weighted by Gasteiger charge is -2.12. The summed E-state index contributed by atoms with van der Waals surface area (Å²) in [5.74, 6) is -0.210. The van der Waals surface area contributed by atoms with Crippen LogP contribution in [0.4, 0.5) is 0 Å². The van der Waals surface area contributed by atoms with Crippen LogP contribution in [0.2, 0.25) is 5.02 Å². The van der Waals surface area contributed by atoms with Crippen molar-refractivity contribution < 1.29 is 9.53 Å². The lowest BCUT2D eigenvalue weighted by atomic mass is 9.98. The van der Waals surface area contributed by atoms with Crippen LogP contribution >= 0.6 is 11.6 Å². The maximum Gasteiger partial charge on any atom is 0.340 e. The molecule has 5 heteroatoms. The van der Waals surface area contributed by atoms with Crippen LogP contribution in [0.3, 0.4) is 0 Å². The zero-order valence-corrected chi connectivity index (χ0v) is 10.6. The van der Waals surface area contributed by atoms with Crippen molar-refractivity contribution in [2.45, 2.75) is 25.3 Å². The molecule has 1 unspecified atom stereocenters. The van der Waals surface area contributed by atoms with E-state index in [1.165, 1.54) is 0 Å². The highest BCUT2D eigenvalue weighted by molar-refractivity contribution is 6.34. The van der Waals surface area contributed by atoms with Crippen LogP contribution in [0.5, 0.6) is 0 Å². The van der Waals surface area contributed by atoms with Gasteiger partial charge >= 0.3 is 5.97 Å². The van der Waals surface area contributed by atoms with E-state index in [4.69, 9.17) is 21.6 Å². The zero-order valence-electron chi connectivity index (χ0n) is 9.81. The van der Waals surface area contributed by atoms with Gasteiger partial charge in [0.15, 0.2) is 5.54 Å². The van der Waals surface area contributed by atoms with Gasteiger partial charge < -0.3 is 4.74 Å². The lowest BCUT2D eigenvalue weighted by molar-refractivity contribution is -0.138. The Morgan fingerprint density at radius 3 is 2.89 bits per heavy atom. The molecule has 0 aliphatic carbocycles. The number of esters is 1. The first-order chi connectivity index (χ1) is 8.57. The van der Waals surface area contributed by atoms with Gasteiger partial charge in [-0.1, -0.05) is 23.7 Å². The fourth-order valence-electron chi connectivity index (χ4n) is 1.70. The van der Waals surface area contributed by atoms with Crippen LogP contribution in [-0.2, 0) is 9.53 Å². The standard InChI is InChI=1S/C13H11ClN2O2/c1-13(7-4-8-15)12(17)18-11(16-13)9-5-2-3-6-10(9)14/h2-3,5-6H,4,7H2,1H3. The maximum absolute atomic E-state index is 11.8. The summed E-state index contributed by atoms with van der Waals surface area (Å²) < 4.78 is 5.16. The molecule has 1 aliphatic heterocycles. The second-order valence-electron chi connectivity index (χ2n) is 4.22. The third-order valence-corrected chi connectivity index (χ3v) is 3.13. The topological polar surface area (TPSA) is 62.4 Å². The number of benzene rings is 1. The first kappa shape index (κ1) is 12.6. The quantitative estimate of drug-likeness (QED) is 0.787. The van der Waals surface area contributed by atoms with Crippen LogP contribution in [0.25, 0.3) is 0 Å². The van der Waals surface area contributed by atoms with Crippen LogP contribution < -0.4 is 0 Å². The largest absolute Gasteiger partial charge is 0.405 e. The van der Waals surface area contributed by atoms with E-state index in [0.29, 0.717) is 17.0 Å². The molecular formula is C13H11ClN2O2. The van der Waals surface area contributed by atoms with Crippen LogP contribution in [0, 0.1) is 11.3 Å². The number of hydrogen-bond acceptors (Lipinski definition) is 4. The average molecular weight is 263 g/mol. The van der Waals surface area contributed by atoms with Crippen molar-refractivity contribution in [2.24, 2.45) is 4.99 Å². The van der Waals surface area contributed by atoms with Gasteiger partial charge in [-0.3, -0.25) is 0 Å². The highest BCUT2D eigenvalue weighted by Gasteiger charge is 2.41. The van der Waals surface area contributed by atoms with Gasteiger partial charge in [0.1, 0.15) is 0 Å². The summed E-state index contributed by atoms with van der Waals surface area (Å²) in [6.07, 6.45) is 0.598. The fraction of sp³-hybridized carbons (Fsp3) is 0.308. The van der Waals surface area contributed by atoms with Crippen molar-refractivity contribution in [1.82, 2.24) is 0 Å². The highest BCUT2D eigenvalue weighted by Crippen LogP contribution is 2.29. The Kier molecular flexibility index (Phi) is 3.35. The molecule has 0 aromatic heterocycles. The molecule has 0 spiro atoms. The van der Waals surface area contributed by atoms with E-state index >= 15 is 0 Å². The minimum absolute atomic E-state index is 0.228. The smallest absolute Gasteiger partial charge is 0.340 e. The Morgan fingerprint density at radius 2 is 2.22 bits per heavy atom. The maximum atomic E-state index is 11.8. The molecule has 1 heterocycles. The Bertz CT molecular complexity index is 562. The van der Waals surface area contributed by atoms with Crippen molar-refractivity contribution in [2.75, 3.05) is 0 Å². The molecule has 1 aliphatic rings. The lowest BCUT2D eigenvalue weighted by Crippen LogP contribution is -2.29. The molecule has 4 nitrogen and oxygen atoms in total. The molecule has 0 saturated carbocycles. The molecule has 0 radical (unpaired) electrons. The third kappa shape index (κ3) is 2.22. The van der Waals surface area contributed by atoms with Crippen LogP contribution in [0.15, 0.2) is 29.3 Å². The van der Waals surface area contributed by atoms with E-state index in [2.05, 4.69) is 4.99 Å². The third-order valence-electron chi connectivity index (χ3n) is 2.81. The van der Waals surface area contributed by atoms with Crippen molar-refractivity contribution in [3.8, 4) is 6.07 Å². The Hall–Kier alpha value is -1.86. The highest BCUT2D eigenvalue weighted by atomic mass is 35.5. The molecule has 1 aromatic carbocycles. The fourth-order valence-corrected chi connectivity index (χ4v) is 1.91. The minimum Gasteiger partial charge on any atom is -0.405 e. The second-order valence-corrected chi connectivity index (χ2v) is 4.63.